The smallest absolute Gasteiger partial charge is 0.329 e. The van der Waals surface area contributed by atoms with Gasteiger partial charge in [0.25, 0.3) is 19.9 Å². The van der Waals surface area contributed by atoms with E-state index in [1.54, 1.807) is 32.9 Å². The van der Waals surface area contributed by atoms with Crippen LogP contribution < -0.4 is 9.74 Å². The number of nitro benzene ring substituents is 1. The lowest BCUT2D eigenvalue weighted by Crippen LogP contribution is -2.50. The standard InChI is InChI=1S/C36H48N2O6Si/c1-24(2)45(25(3)4,26(5)6)44-30-19-16-28(17-20-30)31-23-29(18-22-33(31)38(41)42)34(39)37-32(35(40)43-36(7,8)9)21-15-27-13-11-10-12-14-27/h10-14,16-20,22-26,32H,15,21H2,1-9H3,(H,37,39)/t32-/m0/s1. The van der Waals surface area contributed by atoms with Crippen LogP contribution in [-0.2, 0) is 16.0 Å². The predicted octanol–water partition coefficient (Wildman–Crippen LogP) is 8.89. The number of hydrogen-bond acceptors (Lipinski definition) is 6. The lowest BCUT2D eigenvalue weighted by atomic mass is 10.00. The first-order valence-electron chi connectivity index (χ1n) is 15.7. The molecule has 0 aromatic heterocycles. The van der Waals surface area contributed by atoms with Gasteiger partial charge in [-0.05, 0) is 85.6 Å². The van der Waals surface area contributed by atoms with Crippen LogP contribution in [0.2, 0.25) is 16.6 Å². The van der Waals surface area contributed by atoms with Crippen LogP contribution in [0.1, 0.15) is 84.7 Å². The highest BCUT2D eigenvalue weighted by Crippen LogP contribution is 2.43. The SMILES string of the molecule is CC(C)[Si](Oc1ccc(-c2cc(C(=O)N[C@@H](CCc3ccccc3)C(=O)OC(C)(C)C)ccc2[N+](=O)[O-])cc1)(C(C)C)C(C)C. The van der Waals surface area contributed by atoms with Crippen LogP contribution in [0.4, 0.5) is 5.69 Å². The second-order valence-electron chi connectivity index (χ2n) is 13.5. The first-order chi connectivity index (χ1) is 21.0. The van der Waals surface area contributed by atoms with Crippen LogP contribution >= 0.6 is 0 Å². The lowest BCUT2D eigenvalue weighted by molar-refractivity contribution is -0.384. The zero-order valence-electron chi connectivity index (χ0n) is 28.0. The third-order valence-electron chi connectivity index (χ3n) is 8.18. The number of carbonyl (C=O) groups is 2. The predicted molar refractivity (Wildman–Crippen MR) is 182 cm³/mol. The molecule has 0 aliphatic heterocycles. The summed E-state index contributed by atoms with van der Waals surface area (Å²) in [6.45, 7) is 18.6. The maximum atomic E-state index is 13.5. The summed E-state index contributed by atoms with van der Waals surface area (Å²) in [6.07, 6.45) is 0.888. The average Bonchev–Trinajstić information content (AvgIpc) is 2.96. The van der Waals surface area contributed by atoms with Crippen molar-refractivity contribution < 1.29 is 23.7 Å². The Morgan fingerprint density at radius 3 is 1.96 bits per heavy atom. The Balaban J connectivity index is 1.91. The Bertz CT molecular complexity index is 1440. The van der Waals surface area contributed by atoms with E-state index in [4.69, 9.17) is 9.16 Å². The van der Waals surface area contributed by atoms with Crippen molar-refractivity contribution in [3.63, 3.8) is 0 Å². The molecule has 0 aliphatic carbocycles. The minimum atomic E-state index is -2.19. The van der Waals surface area contributed by atoms with E-state index in [2.05, 4.69) is 46.9 Å². The summed E-state index contributed by atoms with van der Waals surface area (Å²) in [6, 6.07) is 20.3. The second kappa shape index (κ2) is 14.9. The summed E-state index contributed by atoms with van der Waals surface area (Å²) in [5, 5.41) is 14.8. The Labute approximate surface area is 268 Å². The molecule has 0 saturated heterocycles. The summed E-state index contributed by atoms with van der Waals surface area (Å²) in [5.41, 5.74) is 2.45. The summed E-state index contributed by atoms with van der Waals surface area (Å²) in [4.78, 5) is 38.1. The van der Waals surface area contributed by atoms with Crippen molar-refractivity contribution in [1.82, 2.24) is 5.32 Å². The fraction of sp³-hybridized carbons (Fsp3) is 0.444. The number of nitro groups is 1. The molecule has 9 heteroatoms. The Morgan fingerprint density at radius 2 is 1.44 bits per heavy atom. The monoisotopic (exact) mass is 632 g/mol. The minimum absolute atomic E-state index is 0.122. The van der Waals surface area contributed by atoms with Crippen LogP contribution in [-0.4, -0.2) is 36.8 Å². The van der Waals surface area contributed by atoms with Crippen molar-refractivity contribution in [2.45, 2.75) is 103 Å². The number of benzene rings is 3. The van der Waals surface area contributed by atoms with Crippen molar-refractivity contribution in [2.75, 3.05) is 0 Å². The van der Waals surface area contributed by atoms with E-state index in [1.165, 1.54) is 18.2 Å². The highest BCUT2D eigenvalue weighted by atomic mass is 28.4. The van der Waals surface area contributed by atoms with Gasteiger partial charge in [-0.15, -0.1) is 0 Å². The first-order valence-corrected chi connectivity index (χ1v) is 17.8. The normalized spacial score (nSPS) is 12.7. The number of ether oxygens (including phenoxy) is 1. The van der Waals surface area contributed by atoms with E-state index < -0.39 is 36.8 Å². The molecule has 0 bridgehead atoms. The van der Waals surface area contributed by atoms with Gasteiger partial charge in [0, 0.05) is 11.6 Å². The van der Waals surface area contributed by atoms with E-state index in [9.17, 15) is 19.7 Å². The van der Waals surface area contributed by atoms with Gasteiger partial charge in [0.2, 0.25) is 0 Å². The quantitative estimate of drug-likeness (QED) is 0.0873. The maximum Gasteiger partial charge on any atom is 0.329 e. The molecule has 0 heterocycles. The van der Waals surface area contributed by atoms with Gasteiger partial charge in [0.15, 0.2) is 0 Å². The zero-order chi connectivity index (χ0) is 33.5. The Kier molecular flexibility index (Phi) is 11.7. The molecule has 1 atom stereocenters. The summed E-state index contributed by atoms with van der Waals surface area (Å²) in [7, 11) is -2.19. The molecule has 0 saturated carbocycles. The van der Waals surface area contributed by atoms with Crippen LogP contribution in [0.3, 0.4) is 0 Å². The molecule has 1 N–H and O–H groups in total. The molecule has 0 spiro atoms. The molecule has 8 nitrogen and oxygen atoms in total. The molecule has 242 valence electrons. The van der Waals surface area contributed by atoms with Crippen molar-refractivity contribution in [3.05, 3.63) is 94.0 Å². The number of nitrogens with one attached hydrogen (secondary N) is 1. The summed E-state index contributed by atoms with van der Waals surface area (Å²) >= 11 is 0. The number of nitrogens with zero attached hydrogens (tertiary/aromatic N) is 1. The van der Waals surface area contributed by atoms with E-state index in [0.717, 1.165) is 11.3 Å². The van der Waals surface area contributed by atoms with E-state index in [0.29, 0.717) is 40.6 Å². The van der Waals surface area contributed by atoms with Gasteiger partial charge in [-0.25, -0.2) is 4.79 Å². The summed E-state index contributed by atoms with van der Waals surface area (Å²) in [5.74, 6) is -0.318. The number of aryl methyl sites for hydroxylation is 1. The first kappa shape index (κ1) is 35.5. The van der Waals surface area contributed by atoms with Crippen molar-refractivity contribution in [2.24, 2.45) is 0 Å². The number of rotatable bonds is 13. The van der Waals surface area contributed by atoms with Crippen LogP contribution in [0.25, 0.3) is 11.1 Å². The molecular weight excluding hydrogens is 584 g/mol. The molecule has 1 amide bonds. The highest BCUT2D eigenvalue weighted by Gasteiger charge is 2.47. The molecular formula is C36H48N2O6Si. The molecule has 0 radical (unpaired) electrons. The fourth-order valence-electron chi connectivity index (χ4n) is 6.15. The van der Waals surface area contributed by atoms with Gasteiger partial charge < -0.3 is 14.5 Å². The van der Waals surface area contributed by atoms with Gasteiger partial charge in [0.05, 0.1) is 10.5 Å². The highest BCUT2D eigenvalue weighted by molar-refractivity contribution is 6.78. The largest absolute Gasteiger partial charge is 0.543 e. The molecule has 0 fully saturated rings. The van der Waals surface area contributed by atoms with E-state index in [1.807, 2.05) is 42.5 Å². The van der Waals surface area contributed by atoms with Gasteiger partial charge >= 0.3 is 5.97 Å². The van der Waals surface area contributed by atoms with E-state index >= 15 is 0 Å². The number of amides is 1. The lowest BCUT2D eigenvalue weighted by Gasteiger charge is -2.42. The number of hydrogen-bond donors (Lipinski definition) is 1. The van der Waals surface area contributed by atoms with Gasteiger partial charge in [0.1, 0.15) is 17.4 Å². The molecule has 0 unspecified atom stereocenters. The fourth-order valence-corrected chi connectivity index (χ4v) is 11.4. The van der Waals surface area contributed by atoms with Gasteiger partial charge in [-0.1, -0.05) is 84.0 Å². The van der Waals surface area contributed by atoms with Crippen molar-refractivity contribution >= 4 is 25.9 Å². The van der Waals surface area contributed by atoms with Gasteiger partial charge in [-0.2, -0.15) is 0 Å². The van der Waals surface area contributed by atoms with Crippen molar-refractivity contribution in [1.29, 1.82) is 0 Å². The van der Waals surface area contributed by atoms with Crippen LogP contribution in [0.5, 0.6) is 5.75 Å². The Morgan fingerprint density at radius 1 is 0.867 bits per heavy atom. The molecule has 3 aromatic rings. The van der Waals surface area contributed by atoms with Crippen molar-refractivity contribution in [3.8, 4) is 16.9 Å². The van der Waals surface area contributed by atoms with Gasteiger partial charge in [-0.3, -0.25) is 14.9 Å². The maximum absolute atomic E-state index is 13.5. The zero-order valence-corrected chi connectivity index (χ0v) is 29.0. The molecule has 45 heavy (non-hydrogen) atoms. The van der Waals surface area contributed by atoms with Crippen LogP contribution in [0, 0.1) is 10.1 Å². The van der Waals surface area contributed by atoms with Crippen LogP contribution in [0.15, 0.2) is 72.8 Å². The summed E-state index contributed by atoms with van der Waals surface area (Å²) < 4.78 is 12.4. The number of carbonyl (C=O) groups excluding carboxylic acids is 2. The number of esters is 1. The second-order valence-corrected chi connectivity index (χ2v) is 18.9. The third kappa shape index (κ3) is 9.03. The van der Waals surface area contributed by atoms with E-state index in [-0.39, 0.29) is 11.3 Å². The molecule has 0 aliphatic rings. The minimum Gasteiger partial charge on any atom is -0.543 e. The molecule has 3 rings (SSSR count). The Hall–Kier alpha value is -3.98. The molecule has 3 aromatic carbocycles. The topological polar surface area (TPSA) is 108 Å². The average molecular weight is 633 g/mol. The third-order valence-corrected chi connectivity index (χ3v) is 14.2.